The Balaban J connectivity index is 1.55. The lowest BCUT2D eigenvalue weighted by molar-refractivity contribution is -0.907. The van der Waals surface area contributed by atoms with Gasteiger partial charge in [-0.3, -0.25) is 0 Å². The number of sulfonamides is 1. The van der Waals surface area contributed by atoms with E-state index in [-0.39, 0.29) is 0 Å². The van der Waals surface area contributed by atoms with E-state index in [1.54, 1.807) is 16.4 Å². The van der Waals surface area contributed by atoms with Crippen LogP contribution in [0.15, 0.2) is 16.3 Å². The van der Waals surface area contributed by atoms with E-state index in [1.165, 1.54) is 17.7 Å². The molecule has 0 aliphatic carbocycles. The lowest BCUT2D eigenvalue weighted by Crippen LogP contribution is -3.15. The van der Waals surface area contributed by atoms with Crippen LogP contribution in [0.1, 0.15) is 19.3 Å². The molecule has 0 aromatic carbocycles. The predicted molar refractivity (Wildman–Crippen MR) is 87.2 cm³/mol. The molecule has 2 aliphatic heterocycles. The zero-order valence-electron chi connectivity index (χ0n) is 12.5. The number of ether oxygens (including phenoxy) is 1. The van der Waals surface area contributed by atoms with E-state index >= 15 is 0 Å². The number of hydrogen-bond donors (Lipinski definition) is 1. The van der Waals surface area contributed by atoms with Crippen molar-refractivity contribution in [2.45, 2.75) is 29.6 Å². The normalized spacial score (nSPS) is 25.4. The average molecular weight is 366 g/mol. The Morgan fingerprint density at radius 2 is 2.09 bits per heavy atom. The van der Waals surface area contributed by atoms with Crippen LogP contribution in [0, 0.1) is 0 Å². The van der Waals surface area contributed by atoms with Crippen LogP contribution >= 0.6 is 22.9 Å². The molecule has 22 heavy (non-hydrogen) atoms. The van der Waals surface area contributed by atoms with Gasteiger partial charge in [0.25, 0.3) is 10.0 Å². The lowest BCUT2D eigenvalue weighted by Gasteiger charge is -2.33. The molecule has 8 heteroatoms. The molecule has 2 aliphatic rings. The number of hydrogen-bond acceptors (Lipinski definition) is 4. The number of quaternary nitrogens is 1. The maximum atomic E-state index is 12.5. The first-order chi connectivity index (χ1) is 10.6. The summed E-state index contributed by atoms with van der Waals surface area (Å²) in [7, 11) is -3.37. The van der Waals surface area contributed by atoms with E-state index in [0.29, 0.717) is 27.7 Å². The zero-order valence-corrected chi connectivity index (χ0v) is 14.9. The van der Waals surface area contributed by atoms with Gasteiger partial charge in [0.05, 0.1) is 30.5 Å². The molecule has 1 N–H and O–H groups in total. The van der Waals surface area contributed by atoms with Gasteiger partial charge >= 0.3 is 0 Å². The van der Waals surface area contributed by atoms with E-state index in [4.69, 9.17) is 16.3 Å². The van der Waals surface area contributed by atoms with E-state index in [9.17, 15) is 8.42 Å². The summed E-state index contributed by atoms with van der Waals surface area (Å²) < 4.78 is 33.3. The van der Waals surface area contributed by atoms with Crippen LogP contribution in [0.4, 0.5) is 0 Å². The number of piperazine rings is 1. The van der Waals surface area contributed by atoms with E-state index in [2.05, 4.69) is 0 Å². The molecule has 5 nitrogen and oxygen atoms in total. The van der Waals surface area contributed by atoms with Gasteiger partial charge in [-0.2, -0.15) is 4.31 Å². The van der Waals surface area contributed by atoms with Crippen LogP contribution in [0.3, 0.4) is 0 Å². The van der Waals surface area contributed by atoms with Gasteiger partial charge in [-0.1, -0.05) is 11.6 Å². The third kappa shape index (κ3) is 3.83. The van der Waals surface area contributed by atoms with E-state index in [0.717, 1.165) is 44.0 Å². The summed E-state index contributed by atoms with van der Waals surface area (Å²) in [6, 6.07) is 3.23. The second kappa shape index (κ2) is 7.15. The summed E-state index contributed by atoms with van der Waals surface area (Å²) in [5, 5.41) is 0. The maximum Gasteiger partial charge on any atom is 0.253 e. The summed E-state index contributed by atoms with van der Waals surface area (Å²) >= 11 is 6.98. The lowest BCUT2D eigenvalue weighted by atomic mass is 10.1. The second-order valence-corrected chi connectivity index (χ2v) is 9.79. The van der Waals surface area contributed by atoms with Crippen LogP contribution in [-0.2, 0) is 14.8 Å². The van der Waals surface area contributed by atoms with Crippen LogP contribution in [0.2, 0.25) is 4.34 Å². The number of halogens is 1. The average Bonchev–Trinajstić information content (AvgIpc) is 2.96. The molecule has 2 saturated heterocycles. The smallest absolute Gasteiger partial charge is 0.253 e. The van der Waals surface area contributed by atoms with Crippen molar-refractivity contribution in [2.24, 2.45) is 0 Å². The van der Waals surface area contributed by atoms with Crippen molar-refractivity contribution < 1.29 is 18.1 Å². The first-order valence-electron chi connectivity index (χ1n) is 7.76. The highest BCUT2D eigenvalue weighted by atomic mass is 35.5. The molecule has 0 bridgehead atoms. The quantitative estimate of drug-likeness (QED) is 0.861. The van der Waals surface area contributed by atoms with Crippen molar-refractivity contribution in [2.75, 3.05) is 39.3 Å². The highest BCUT2D eigenvalue weighted by Crippen LogP contribution is 2.28. The van der Waals surface area contributed by atoms with Gasteiger partial charge in [0.1, 0.15) is 16.9 Å². The molecule has 0 amide bonds. The number of nitrogens with one attached hydrogen (secondary N) is 1. The van der Waals surface area contributed by atoms with Gasteiger partial charge in [0.15, 0.2) is 0 Å². The van der Waals surface area contributed by atoms with Crippen molar-refractivity contribution >= 4 is 33.0 Å². The Morgan fingerprint density at radius 3 is 2.68 bits per heavy atom. The third-order valence-corrected chi connectivity index (χ3v) is 7.96. The molecule has 1 aromatic rings. The van der Waals surface area contributed by atoms with E-state index in [1.807, 2.05) is 0 Å². The minimum absolute atomic E-state index is 0.344. The Labute approximate surface area is 140 Å². The molecule has 2 fully saturated rings. The van der Waals surface area contributed by atoms with Crippen molar-refractivity contribution in [3.05, 3.63) is 16.5 Å². The molecule has 0 spiro atoms. The fourth-order valence-corrected chi connectivity index (χ4v) is 6.18. The molecule has 0 saturated carbocycles. The summed E-state index contributed by atoms with van der Waals surface area (Å²) in [5.74, 6) is 0. The SMILES string of the molecule is O=S(=O)(c1ccc(Cl)s1)N1CC[NH+](C[C@@H]2CCCCO2)CC1. The molecule has 1 atom stereocenters. The van der Waals surface area contributed by atoms with Crippen LogP contribution in [-0.4, -0.2) is 58.2 Å². The van der Waals surface area contributed by atoms with Gasteiger partial charge < -0.3 is 9.64 Å². The van der Waals surface area contributed by atoms with Gasteiger partial charge in [-0.25, -0.2) is 8.42 Å². The monoisotopic (exact) mass is 365 g/mol. The van der Waals surface area contributed by atoms with Crippen molar-refractivity contribution in [1.29, 1.82) is 0 Å². The van der Waals surface area contributed by atoms with Gasteiger partial charge in [0, 0.05) is 6.61 Å². The molecule has 1 aromatic heterocycles. The van der Waals surface area contributed by atoms with E-state index < -0.39 is 10.0 Å². The van der Waals surface area contributed by atoms with Crippen molar-refractivity contribution in [3.8, 4) is 0 Å². The topological polar surface area (TPSA) is 51.0 Å². The first-order valence-corrected chi connectivity index (χ1v) is 10.4. The second-order valence-electron chi connectivity index (χ2n) is 5.91. The fourth-order valence-electron chi connectivity index (χ4n) is 3.10. The minimum atomic E-state index is -3.37. The molecular formula is C14H22ClN2O3S2+. The third-order valence-electron chi connectivity index (χ3n) is 4.36. The number of nitrogens with zero attached hydrogens (tertiary/aromatic N) is 1. The Morgan fingerprint density at radius 1 is 1.32 bits per heavy atom. The first kappa shape index (κ1) is 16.7. The minimum Gasteiger partial charge on any atom is -0.372 e. The highest BCUT2D eigenvalue weighted by molar-refractivity contribution is 7.91. The Hall–Kier alpha value is -0.180. The maximum absolute atomic E-state index is 12.5. The predicted octanol–water partition coefficient (Wildman–Crippen LogP) is 0.860. The zero-order chi connectivity index (χ0) is 15.6. The van der Waals surface area contributed by atoms with Crippen molar-refractivity contribution in [3.63, 3.8) is 0 Å². The summed E-state index contributed by atoms with van der Waals surface area (Å²) in [6.45, 7) is 4.70. The van der Waals surface area contributed by atoms with Gasteiger partial charge in [-0.15, -0.1) is 11.3 Å². The Kier molecular flexibility index (Phi) is 5.42. The standard InChI is InChI=1S/C14H21ClN2O3S2/c15-13-4-5-14(21-13)22(18,19)17-8-6-16(7-9-17)11-12-3-1-2-10-20-12/h4-5,12H,1-3,6-11H2/p+1/t12-/m0/s1. The molecule has 0 unspecified atom stereocenters. The molecule has 3 rings (SSSR count). The largest absolute Gasteiger partial charge is 0.372 e. The highest BCUT2D eigenvalue weighted by Gasteiger charge is 2.32. The summed E-state index contributed by atoms with van der Waals surface area (Å²) in [5.41, 5.74) is 0. The fraction of sp³-hybridized carbons (Fsp3) is 0.714. The molecular weight excluding hydrogens is 344 g/mol. The molecule has 124 valence electrons. The van der Waals surface area contributed by atoms with Gasteiger partial charge in [0.2, 0.25) is 0 Å². The van der Waals surface area contributed by atoms with Crippen LogP contribution in [0.5, 0.6) is 0 Å². The van der Waals surface area contributed by atoms with Crippen LogP contribution in [0.25, 0.3) is 0 Å². The molecule has 0 radical (unpaired) electrons. The van der Waals surface area contributed by atoms with Gasteiger partial charge in [-0.05, 0) is 31.4 Å². The van der Waals surface area contributed by atoms with Crippen molar-refractivity contribution in [1.82, 2.24) is 4.31 Å². The van der Waals surface area contributed by atoms with Crippen LogP contribution < -0.4 is 4.90 Å². The molecule has 3 heterocycles. The summed E-state index contributed by atoms with van der Waals surface area (Å²) in [4.78, 5) is 1.45. The Bertz CT molecular complexity index is 591. The number of rotatable bonds is 4. The summed E-state index contributed by atoms with van der Waals surface area (Å²) in [6.07, 6.45) is 3.90. The number of thiophene rings is 1.